The predicted molar refractivity (Wildman–Crippen MR) is 118 cm³/mol. The van der Waals surface area contributed by atoms with Crippen molar-refractivity contribution in [2.75, 3.05) is 18.4 Å². The molecule has 162 valence electrons. The van der Waals surface area contributed by atoms with Crippen LogP contribution in [0.4, 0.5) is 5.69 Å². The first-order valence-corrected chi connectivity index (χ1v) is 11.0. The van der Waals surface area contributed by atoms with Crippen molar-refractivity contribution in [1.82, 2.24) is 0 Å². The van der Waals surface area contributed by atoms with Gasteiger partial charge >= 0.3 is 5.97 Å². The molecule has 0 aliphatic carbocycles. The van der Waals surface area contributed by atoms with Crippen LogP contribution in [0, 0.1) is 0 Å². The Bertz CT molecular complexity index is 1180. The number of benzene rings is 3. The second-order valence-electron chi connectivity index (χ2n) is 6.57. The third-order valence-electron chi connectivity index (χ3n) is 4.33. The highest BCUT2D eigenvalue weighted by Gasteiger charge is 2.18. The average molecular weight is 462 g/mol. The lowest BCUT2D eigenvalue weighted by atomic mass is 10.0. The minimum atomic E-state index is -3.94. The maximum absolute atomic E-state index is 12.8. The molecular formula is C22H20ClNO6S. The van der Waals surface area contributed by atoms with Crippen LogP contribution in [0.15, 0.2) is 71.6 Å². The molecule has 0 amide bonds. The van der Waals surface area contributed by atoms with Gasteiger partial charge in [-0.05, 0) is 42.0 Å². The number of carboxylic acids is 1. The van der Waals surface area contributed by atoms with Crippen molar-refractivity contribution in [1.29, 1.82) is 0 Å². The summed E-state index contributed by atoms with van der Waals surface area (Å²) in [5, 5.41) is 8.67. The Balaban J connectivity index is 1.83. The smallest absolute Gasteiger partial charge is 0.341 e. The van der Waals surface area contributed by atoms with E-state index in [1.807, 2.05) is 30.3 Å². The van der Waals surface area contributed by atoms with Crippen LogP contribution in [0.25, 0.3) is 0 Å². The van der Waals surface area contributed by atoms with Gasteiger partial charge in [-0.15, -0.1) is 0 Å². The number of aliphatic carboxylic acids is 1. The van der Waals surface area contributed by atoms with E-state index in [2.05, 4.69) is 4.72 Å². The molecule has 9 heteroatoms. The highest BCUT2D eigenvalue weighted by Crippen LogP contribution is 2.30. The number of anilines is 1. The summed E-state index contributed by atoms with van der Waals surface area (Å²) in [7, 11) is -2.38. The normalized spacial score (nSPS) is 11.0. The van der Waals surface area contributed by atoms with Crippen LogP contribution in [-0.4, -0.2) is 33.2 Å². The number of hydrogen-bond donors (Lipinski definition) is 2. The van der Waals surface area contributed by atoms with Crippen LogP contribution in [0.3, 0.4) is 0 Å². The number of nitrogens with one attached hydrogen (secondary N) is 1. The van der Waals surface area contributed by atoms with Crippen LogP contribution in [0.5, 0.6) is 11.5 Å². The quantitative estimate of drug-likeness (QED) is 0.495. The van der Waals surface area contributed by atoms with Crippen molar-refractivity contribution < 1.29 is 27.8 Å². The van der Waals surface area contributed by atoms with E-state index in [1.54, 1.807) is 25.3 Å². The van der Waals surface area contributed by atoms with Crippen LogP contribution < -0.4 is 14.2 Å². The molecule has 0 bridgehead atoms. The van der Waals surface area contributed by atoms with Crippen molar-refractivity contribution in [2.24, 2.45) is 0 Å². The summed E-state index contributed by atoms with van der Waals surface area (Å²) >= 11 is 6.05. The van der Waals surface area contributed by atoms with E-state index in [9.17, 15) is 13.2 Å². The molecule has 0 heterocycles. The number of methoxy groups -OCH3 is 1. The molecule has 31 heavy (non-hydrogen) atoms. The molecule has 3 aromatic carbocycles. The van der Waals surface area contributed by atoms with E-state index in [0.29, 0.717) is 17.9 Å². The zero-order chi connectivity index (χ0) is 22.4. The largest absolute Gasteiger partial charge is 0.496 e. The summed E-state index contributed by atoms with van der Waals surface area (Å²) in [5.74, 6) is -0.437. The van der Waals surface area contributed by atoms with E-state index < -0.39 is 22.6 Å². The second-order valence-corrected chi connectivity index (χ2v) is 8.66. The van der Waals surface area contributed by atoms with Crippen molar-refractivity contribution in [3.05, 3.63) is 82.9 Å². The third kappa shape index (κ3) is 5.90. The number of ether oxygens (including phenoxy) is 2. The molecule has 0 atom stereocenters. The van der Waals surface area contributed by atoms with E-state index in [0.717, 1.165) is 11.1 Å². The molecule has 2 N–H and O–H groups in total. The van der Waals surface area contributed by atoms with E-state index >= 15 is 0 Å². The van der Waals surface area contributed by atoms with Gasteiger partial charge in [-0.1, -0.05) is 41.9 Å². The van der Waals surface area contributed by atoms with Gasteiger partial charge in [-0.25, -0.2) is 13.2 Å². The lowest BCUT2D eigenvalue weighted by Gasteiger charge is -2.14. The van der Waals surface area contributed by atoms with Crippen LogP contribution in [0.2, 0.25) is 5.02 Å². The Morgan fingerprint density at radius 1 is 1.03 bits per heavy atom. The summed E-state index contributed by atoms with van der Waals surface area (Å²) in [6.45, 7) is -0.583. The minimum Gasteiger partial charge on any atom is -0.496 e. The number of rotatable bonds is 9. The van der Waals surface area contributed by atoms with Gasteiger partial charge in [0.2, 0.25) is 0 Å². The van der Waals surface area contributed by atoms with Gasteiger partial charge in [0.05, 0.1) is 17.0 Å². The van der Waals surface area contributed by atoms with Gasteiger partial charge in [-0.3, -0.25) is 4.72 Å². The molecule has 0 fully saturated rings. The Kier molecular flexibility index (Phi) is 7.04. The average Bonchev–Trinajstić information content (AvgIpc) is 2.73. The highest BCUT2D eigenvalue weighted by atomic mass is 35.5. The summed E-state index contributed by atoms with van der Waals surface area (Å²) in [4.78, 5) is 10.5. The molecule has 3 aromatic rings. The van der Waals surface area contributed by atoms with Crippen molar-refractivity contribution in [3.63, 3.8) is 0 Å². The number of carbonyl (C=O) groups is 1. The first-order chi connectivity index (χ1) is 14.8. The van der Waals surface area contributed by atoms with Crippen molar-refractivity contribution in [2.45, 2.75) is 11.3 Å². The fraction of sp³-hybridized carbons (Fsp3) is 0.136. The molecule has 0 unspecified atom stereocenters. The van der Waals surface area contributed by atoms with Gasteiger partial charge in [-0.2, -0.15) is 0 Å². The van der Waals surface area contributed by atoms with Gasteiger partial charge in [0.15, 0.2) is 6.61 Å². The summed E-state index contributed by atoms with van der Waals surface area (Å²) in [5.41, 5.74) is 2.25. The number of carboxylic acid groups (broad SMARTS) is 1. The molecule has 0 aliphatic heterocycles. The Morgan fingerprint density at radius 2 is 1.74 bits per heavy atom. The van der Waals surface area contributed by atoms with Gasteiger partial charge < -0.3 is 14.6 Å². The first kappa shape index (κ1) is 22.5. The fourth-order valence-electron chi connectivity index (χ4n) is 2.92. The van der Waals surface area contributed by atoms with Crippen LogP contribution >= 0.6 is 11.6 Å². The summed E-state index contributed by atoms with van der Waals surface area (Å²) < 4.78 is 38.6. The van der Waals surface area contributed by atoms with Crippen LogP contribution in [-0.2, 0) is 21.2 Å². The Hall–Kier alpha value is -3.23. The molecule has 3 rings (SSSR count). The molecule has 0 saturated heterocycles. The van der Waals surface area contributed by atoms with Gasteiger partial charge in [0.25, 0.3) is 10.0 Å². The second kappa shape index (κ2) is 9.72. The standard InChI is InChI=1S/C22H20ClNO6S/c1-29-20-9-7-17(12-16(20)11-15-5-3-2-4-6-15)24-31(27,28)18-8-10-21(19(23)13-18)30-14-22(25)26/h2-10,12-13,24H,11,14H2,1H3,(H,25,26). The Morgan fingerprint density at radius 3 is 2.39 bits per heavy atom. The van der Waals surface area contributed by atoms with E-state index in [1.165, 1.54) is 18.2 Å². The molecule has 0 aromatic heterocycles. The lowest BCUT2D eigenvalue weighted by molar-refractivity contribution is -0.139. The van der Waals surface area contributed by atoms with Crippen molar-refractivity contribution >= 4 is 33.3 Å². The zero-order valence-corrected chi connectivity index (χ0v) is 18.1. The summed E-state index contributed by atoms with van der Waals surface area (Å²) in [6.07, 6.45) is 0.570. The third-order valence-corrected chi connectivity index (χ3v) is 6.01. The zero-order valence-electron chi connectivity index (χ0n) is 16.5. The highest BCUT2D eigenvalue weighted by molar-refractivity contribution is 7.92. The van der Waals surface area contributed by atoms with Gasteiger partial charge in [0, 0.05) is 17.7 Å². The van der Waals surface area contributed by atoms with Gasteiger partial charge in [0.1, 0.15) is 11.5 Å². The number of sulfonamides is 1. The maximum atomic E-state index is 12.8. The molecule has 0 aliphatic rings. The van der Waals surface area contributed by atoms with E-state index in [-0.39, 0.29) is 15.7 Å². The number of hydrogen-bond acceptors (Lipinski definition) is 5. The van der Waals surface area contributed by atoms with Crippen LogP contribution in [0.1, 0.15) is 11.1 Å². The monoisotopic (exact) mass is 461 g/mol. The van der Waals surface area contributed by atoms with E-state index in [4.69, 9.17) is 26.2 Å². The summed E-state index contributed by atoms with van der Waals surface area (Å²) in [6, 6.07) is 18.6. The topological polar surface area (TPSA) is 102 Å². The fourth-order valence-corrected chi connectivity index (χ4v) is 4.29. The lowest BCUT2D eigenvalue weighted by Crippen LogP contribution is -2.14. The molecule has 0 radical (unpaired) electrons. The molecular weight excluding hydrogens is 442 g/mol. The molecule has 7 nitrogen and oxygen atoms in total. The Labute approximate surface area is 185 Å². The molecule has 0 spiro atoms. The number of halogens is 1. The maximum Gasteiger partial charge on any atom is 0.341 e. The first-order valence-electron chi connectivity index (χ1n) is 9.16. The minimum absolute atomic E-state index is 0.0105. The predicted octanol–water partition coefficient (Wildman–Crippen LogP) is 4.20. The molecule has 0 saturated carbocycles. The van der Waals surface area contributed by atoms with Crippen molar-refractivity contribution in [3.8, 4) is 11.5 Å². The SMILES string of the molecule is COc1ccc(NS(=O)(=O)c2ccc(OCC(=O)O)c(Cl)c2)cc1Cc1ccccc1.